The van der Waals surface area contributed by atoms with Gasteiger partial charge in [-0.1, -0.05) is 24.0 Å². The van der Waals surface area contributed by atoms with Crippen LogP contribution in [0.15, 0.2) is 61.3 Å². The molecule has 0 fully saturated rings. The molecule has 3 aromatic rings. The molecule has 0 atom stereocenters. The highest BCUT2D eigenvalue weighted by molar-refractivity contribution is 5.63. The molecule has 5 heteroatoms. The quantitative estimate of drug-likeness (QED) is 0.675. The zero-order chi connectivity index (χ0) is 16.1. The van der Waals surface area contributed by atoms with Crippen LogP contribution in [0.4, 0.5) is 8.78 Å². The van der Waals surface area contributed by atoms with Crippen molar-refractivity contribution in [2.45, 2.75) is 6.43 Å². The predicted molar refractivity (Wildman–Crippen MR) is 82.6 cm³/mol. The van der Waals surface area contributed by atoms with E-state index >= 15 is 0 Å². The van der Waals surface area contributed by atoms with Crippen LogP contribution in [0, 0.1) is 11.8 Å². The van der Waals surface area contributed by atoms with E-state index in [9.17, 15) is 8.78 Å². The van der Waals surface area contributed by atoms with Crippen molar-refractivity contribution in [3.63, 3.8) is 0 Å². The Labute approximate surface area is 132 Å². The fourth-order valence-corrected chi connectivity index (χ4v) is 2.01. The molecule has 0 radical (unpaired) electrons. The third kappa shape index (κ3) is 3.74. The number of hydrogen-bond acceptors (Lipinski definition) is 3. The van der Waals surface area contributed by atoms with Crippen LogP contribution >= 0.6 is 0 Å². The summed E-state index contributed by atoms with van der Waals surface area (Å²) in [5.41, 5.74) is 2.85. The molecule has 3 nitrogen and oxygen atoms in total. The van der Waals surface area contributed by atoms with Crippen LogP contribution in [0.2, 0.25) is 0 Å². The van der Waals surface area contributed by atoms with E-state index in [1.807, 2.05) is 24.3 Å². The molecule has 2 heterocycles. The van der Waals surface area contributed by atoms with Gasteiger partial charge in [-0.3, -0.25) is 4.98 Å². The van der Waals surface area contributed by atoms with E-state index < -0.39 is 6.43 Å². The number of aromatic nitrogens is 3. The average Bonchev–Trinajstić information content (AvgIpc) is 2.61. The molecule has 3 rings (SSSR count). The summed E-state index contributed by atoms with van der Waals surface area (Å²) in [5, 5.41) is 0. The molecule has 0 bridgehead atoms. The Balaban J connectivity index is 1.89. The van der Waals surface area contributed by atoms with Crippen LogP contribution in [0.1, 0.15) is 23.2 Å². The zero-order valence-electron chi connectivity index (χ0n) is 11.9. The minimum absolute atomic E-state index is 0.271. The first-order chi connectivity index (χ1) is 11.2. The zero-order valence-corrected chi connectivity index (χ0v) is 11.9. The highest BCUT2D eigenvalue weighted by atomic mass is 19.3. The van der Waals surface area contributed by atoms with Crippen LogP contribution in [0.25, 0.3) is 11.1 Å². The summed E-state index contributed by atoms with van der Waals surface area (Å²) in [5.74, 6) is 5.85. The molecular weight excluding hydrogens is 296 g/mol. The van der Waals surface area contributed by atoms with Crippen LogP contribution in [0.5, 0.6) is 0 Å². The summed E-state index contributed by atoms with van der Waals surface area (Å²) in [6, 6.07) is 10.5. The highest BCUT2D eigenvalue weighted by Crippen LogP contribution is 2.18. The second-order valence-electron chi connectivity index (χ2n) is 4.73. The smallest absolute Gasteiger partial charge is 0.255 e. The lowest BCUT2D eigenvalue weighted by molar-refractivity contribution is 0.146. The first kappa shape index (κ1) is 14.8. The molecule has 0 saturated heterocycles. The SMILES string of the molecule is FC(F)c1cc(C#Cc2cccc(-c3cncnc3)c2)ccn1. The molecule has 23 heavy (non-hydrogen) atoms. The van der Waals surface area contributed by atoms with Crippen molar-refractivity contribution in [3.8, 4) is 23.0 Å². The summed E-state index contributed by atoms with van der Waals surface area (Å²) in [6.07, 6.45) is 3.65. The number of benzene rings is 1. The van der Waals surface area contributed by atoms with Gasteiger partial charge in [-0.2, -0.15) is 0 Å². The topological polar surface area (TPSA) is 38.7 Å². The number of halogens is 2. The largest absolute Gasteiger partial charge is 0.280 e. The number of hydrogen-bond donors (Lipinski definition) is 0. The van der Waals surface area contributed by atoms with Gasteiger partial charge in [0.2, 0.25) is 0 Å². The van der Waals surface area contributed by atoms with E-state index in [0.717, 1.165) is 16.7 Å². The van der Waals surface area contributed by atoms with Crippen molar-refractivity contribution in [1.82, 2.24) is 15.0 Å². The normalized spacial score (nSPS) is 10.2. The van der Waals surface area contributed by atoms with E-state index in [0.29, 0.717) is 5.56 Å². The maximum atomic E-state index is 12.6. The molecule has 1 aromatic carbocycles. The summed E-state index contributed by atoms with van der Waals surface area (Å²) in [6.45, 7) is 0. The minimum atomic E-state index is -2.60. The molecule has 0 saturated carbocycles. The highest BCUT2D eigenvalue weighted by Gasteiger charge is 2.07. The Kier molecular flexibility index (Phi) is 4.34. The van der Waals surface area contributed by atoms with Gasteiger partial charge in [0.1, 0.15) is 12.0 Å². The Morgan fingerprint density at radius 3 is 2.35 bits per heavy atom. The van der Waals surface area contributed by atoms with Gasteiger partial charge in [0.05, 0.1) is 0 Å². The van der Waals surface area contributed by atoms with Gasteiger partial charge in [0, 0.05) is 35.3 Å². The minimum Gasteiger partial charge on any atom is -0.255 e. The molecule has 0 aliphatic heterocycles. The molecule has 0 unspecified atom stereocenters. The van der Waals surface area contributed by atoms with Crippen molar-refractivity contribution in [2.24, 2.45) is 0 Å². The average molecular weight is 307 g/mol. The third-order valence-corrected chi connectivity index (χ3v) is 3.11. The number of nitrogens with zero attached hydrogens (tertiary/aromatic N) is 3. The van der Waals surface area contributed by atoms with E-state index in [1.165, 1.54) is 18.6 Å². The first-order valence-corrected chi connectivity index (χ1v) is 6.84. The molecule has 0 spiro atoms. The Hall–Kier alpha value is -3.13. The lowest BCUT2D eigenvalue weighted by Crippen LogP contribution is -1.90. The summed E-state index contributed by atoms with van der Waals surface area (Å²) >= 11 is 0. The fourth-order valence-electron chi connectivity index (χ4n) is 2.01. The number of pyridine rings is 1. The fraction of sp³-hybridized carbons (Fsp3) is 0.0556. The third-order valence-electron chi connectivity index (χ3n) is 3.11. The van der Waals surface area contributed by atoms with Gasteiger partial charge < -0.3 is 0 Å². The Morgan fingerprint density at radius 2 is 1.61 bits per heavy atom. The van der Waals surface area contributed by atoms with Crippen molar-refractivity contribution in [2.75, 3.05) is 0 Å². The van der Waals surface area contributed by atoms with Gasteiger partial charge in [-0.15, -0.1) is 0 Å². The van der Waals surface area contributed by atoms with E-state index in [4.69, 9.17) is 0 Å². The molecule has 0 aliphatic rings. The standard InChI is InChI=1S/C18H11F2N3/c19-18(20)17-9-14(6-7-23-17)5-4-13-2-1-3-15(8-13)16-10-21-12-22-11-16/h1-3,6-12,18H. The van der Waals surface area contributed by atoms with E-state index in [-0.39, 0.29) is 5.69 Å². The van der Waals surface area contributed by atoms with Gasteiger partial charge in [0.15, 0.2) is 0 Å². The number of alkyl halides is 2. The van der Waals surface area contributed by atoms with Gasteiger partial charge in [-0.25, -0.2) is 18.7 Å². The molecule has 2 aromatic heterocycles. The van der Waals surface area contributed by atoms with Crippen molar-refractivity contribution < 1.29 is 8.78 Å². The monoisotopic (exact) mass is 307 g/mol. The lowest BCUT2D eigenvalue weighted by atomic mass is 10.1. The second kappa shape index (κ2) is 6.75. The van der Waals surface area contributed by atoms with Crippen molar-refractivity contribution >= 4 is 0 Å². The molecular formula is C18H11F2N3. The summed E-state index contributed by atoms with van der Waals surface area (Å²) < 4.78 is 25.3. The lowest BCUT2D eigenvalue weighted by Gasteiger charge is -2.00. The van der Waals surface area contributed by atoms with Crippen molar-refractivity contribution in [3.05, 3.63) is 78.1 Å². The van der Waals surface area contributed by atoms with Crippen LogP contribution in [0.3, 0.4) is 0 Å². The van der Waals surface area contributed by atoms with Gasteiger partial charge >= 0.3 is 0 Å². The molecule has 0 aliphatic carbocycles. The van der Waals surface area contributed by atoms with E-state index in [2.05, 4.69) is 26.8 Å². The Morgan fingerprint density at radius 1 is 0.870 bits per heavy atom. The van der Waals surface area contributed by atoms with Crippen molar-refractivity contribution in [1.29, 1.82) is 0 Å². The van der Waals surface area contributed by atoms with E-state index in [1.54, 1.807) is 18.5 Å². The first-order valence-electron chi connectivity index (χ1n) is 6.84. The Bertz CT molecular complexity index is 868. The van der Waals surface area contributed by atoms with Crippen LogP contribution in [-0.2, 0) is 0 Å². The predicted octanol–water partition coefficient (Wildman–Crippen LogP) is 3.88. The number of rotatable bonds is 2. The van der Waals surface area contributed by atoms with Gasteiger partial charge in [0.25, 0.3) is 6.43 Å². The molecule has 112 valence electrons. The van der Waals surface area contributed by atoms with Crippen LogP contribution < -0.4 is 0 Å². The maximum absolute atomic E-state index is 12.6. The molecule has 0 amide bonds. The maximum Gasteiger partial charge on any atom is 0.280 e. The van der Waals surface area contributed by atoms with Gasteiger partial charge in [-0.05, 0) is 29.8 Å². The summed E-state index contributed by atoms with van der Waals surface area (Å²) in [7, 11) is 0. The molecule has 0 N–H and O–H groups in total. The second-order valence-corrected chi connectivity index (χ2v) is 4.73. The summed E-state index contributed by atoms with van der Waals surface area (Å²) in [4.78, 5) is 11.6. The van der Waals surface area contributed by atoms with Crippen LogP contribution in [-0.4, -0.2) is 15.0 Å².